The molecule has 1 N–H and O–H groups in total. The number of hydrogen-bond acceptors (Lipinski definition) is 5. The first kappa shape index (κ1) is 20.8. The Labute approximate surface area is 142 Å². The summed E-state index contributed by atoms with van der Waals surface area (Å²) in [5, 5.41) is -14.4. The number of hydrogen-bond donors (Lipinski definition) is 1. The summed E-state index contributed by atoms with van der Waals surface area (Å²) in [6.45, 7) is 0. The summed E-state index contributed by atoms with van der Waals surface area (Å²) in [5.41, 5.74) is 0. The number of halogens is 6. The smallest absolute Gasteiger partial charge is 0.281 e. The van der Waals surface area contributed by atoms with Gasteiger partial charge in [-0.25, -0.2) is 8.42 Å². The van der Waals surface area contributed by atoms with E-state index in [0.717, 1.165) is 23.9 Å². The lowest BCUT2D eigenvalue weighted by Gasteiger charge is -2.24. The van der Waals surface area contributed by atoms with Crippen molar-refractivity contribution in [3.63, 3.8) is 0 Å². The minimum Gasteiger partial charge on any atom is -0.281 e. The second-order valence-electron chi connectivity index (χ2n) is 3.93. The van der Waals surface area contributed by atoms with Gasteiger partial charge in [0.15, 0.2) is 0 Å². The number of thioether (sulfide) groups is 1. The van der Waals surface area contributed by atoms with Gasteiger partial charge < -0.3 is 0 Å². The van der Waals surface area contributed by atoms with E-state index >= 15 is 0 Å². The van der Waals surface area contributed by atoms with Gasteiger partial charge in [0.2, 0.25) is 0 Å². The Morgan fingerprint density at radius 1 is 1.00 bits per heavy atom. The summed E-state index contributed by atoms with van der Waals surface area (Å²) < 4.78 is 107. The van der Waals surface area contributed by atoms with Gasteiger partial charge in [-0.3, -0.25) is 4.55 Å². The lowest BCUT2D eigenvalue weighted by Crippen LogP contribution is -2.51. The molecule has 0 heterocycles. The average molecular weight is 437 g/mol. The molecule has 0 aromatic heterocycles. The molecule has 0 amide bonds. The fourth-order valence-corrected chi connectivity index (χ4v) is 5.19. The monoisotopic (exact) mass is 436 g/mol. The van der Waals surface area contributed by atoms with Crippen molar-refractivity contribution in [2.45, 2.75) is 20.3 Å². The Morgan fingerprint density at radius 2 is 1.39 bits per heavy atom. The van der Waals surface area contributed by atoms with E-state index in [2.05, 4.69) is 0 Å². The second-order valence-corrected chi connectivity index (χ2v) is 9.02. The fourth-order valence-electron chi connectivity index (χ4n) is 1.35. The Kier molecular flexibility index (Phi) is 5.62. The molecule has 5 nitrogen and oxygen atoms in total. The van der Waals surface area contributed by atoms with E-state index < -0.39 is 45.4 Å². The third kappa shape index (κ3) is 3.29. The molecule has 23 heavy (non-hydrogen) atoms. The Bertz CT molecular complexity index is 816. The van der Waals surface area contributed by atoms with E-state index in [1.54, 1.807) is 0 Å². The largest absolute Gasteiger partial charge is 0.447 e. The van der Waals surface area contributed by atoms with Crippen molar-refractivity contribution in [1.82, 2.24) is 0 Å². The maximum Gasteiger partial charge on any atom is 0.447 e. The first-order chi connectivity index (χ1) is 10.1. The van der Waals surface area contributed by atoms with E-state index in [9.17, 15) is 34.4 Å². The molecule has 1 rings (SSSR count). The Hall–Kier alpha value is -0.270. The summed E-state index contributed by atoms with van der Waals surface area (Å²) >= 11 is 12.0. The molecule has 1 aromatic rings. The molecule has 0 saturated heterocycles. The van der Waals surface area contributed by atoms with Crippen LogP contribution in [0.4, 0.5) is 17.6 Å². The van der Waals surface area contributed by atoms with Gasteiger partial charge in [0.25, 0.3) is 9.84 Å². The molecule has 0 radical (unpaired) electrons. The molecule has 1 aromatic carbocycles. The normalized spacial score (nSPS) is 14.1. The molecule has 14 heteroatoms. The molecular formula is C9H6Cl2F4O5S3. The highest BCUT2D eigenvalue weighted by Crippen LogP contribution is 2.48. The molecule has 0 bridgehead atoms. The van der Waals surface area contributed by atoms with Crippen LogP contribution in [0.3, 0.4) is 0 Å². The number of alkyl halides is 4. The zero-order valence-electron chi connectivity index (χ0n) is 10.7. The standard InChI is InChI=1S/C9H6Cl2F4O5S3/c1-21-4-2-5(10)7(6(11)3-4)22(16,17)8(12,13)9(14,15)23(18,19)20/h2-3H,1H3,(H,18,19,20). The van der Waals surface area contributed by atoms with Gasteiger partial charge in [-0.05, 0) is 18.4 Å². The highest BCUT2D eigenvalue weighted by atomic mass is 35.5. The minimum absolute atomic E-state index is 0.240. The third-order valence-corrected chi connectivity index (χ3v) is 6.95. The zero-order valence-corrected chi connectivity index (χ0v) is 14.7. The van der Waals surface area contributed by atoms with Gasteiger partial charge in [-0.1, -0.05) is 23.2 Å². The van der Waals surface area contributed by atoms with Gasteiger partial charge in [0.05, 0.1) is 10.0 Å². The Balaban J connectivity index is 3.73. The van der Waals surface area contributed by atoms with Crippen LogP contribution in [0.15, 0.2) is 21.9 Å². The van der Waals surface area contributed by atoms with E-state index in [1.165, 1.54) is 6.26 Å². The fraction of sp³-hybridized carbons (Fsp3) is 0.333. The van der Waals surface area contributed by atoms with E-state index in [0.29, 0.717) is 0 Å². The van der Waals surface area contributed by atoms with Gasteiger partial charge in [-0.2, -0.15) is 26.0 Å². The lowest BCUT2D eigenvalue weighted by atomic mass is 10.3. The van der Waals surface area contributed by atoms with E-state index in [4.69, 9.17) is 27.8 Å². The molecule has 132 valence electrons. The van der Waals surface area contributed by atoms with Crippen LogP contribution in [0.5, 0.6) is 0 Å². The van der Waals surface area contributed by atoms with Crippen LogP contribution in [-0.2, 0) is 20.0 Å². The maximum atomic E-state index is 13.7. The minimum atomic E-state index is -6.74. The molecular weight excluding hydrogens is 431 g/mol. The van der Waals surface area contributed by atoms with Crippen molar-refractivity contribution in [1.29, 1.82) is 0 Å². The lowest BCUT2D eigenvalue weighted by molar-refractivity contribution is -0.101. The maximum absolute atomic E-state index is 13.7. The first-order valence-electron chi connectivity index (χ1n) is 5.11. The quantitative estimate of drug-likeness (QED) is 0.431. The molecule has 0 saturated carbocycles. The number of rotatable bonds is 5. The second kappa shape index (κ2) is 6.23. The predicted octanol–water partition coefficient (Wildman–Crippen LogP) is 3.56. The van der Waals surface area contributed by atoms with Crippen molar-refractivity contribution in [2.24, 2.45) is 0 Å². The summed E-state index contributed by atoms with van der Waals surface area (Å²) in [4.78, 5) is -1.34. The Morgan fingerprint density at radius 3 is 1.70 bits per heavy atom. The van der Waals surface area contributed by atoms with Crippen molar-refractivity contribution >= 4 is 54.9 Å². The van der Waals surface area contributed by atoms with Crippen LogP contribution in [0, 0.1) is 0 Å². The summed E-state index contributed by atoms with van der Waals surface area (Å²) in [6.07, 6.45) is 1.51. The van der Waals surface area contributed by atoms with Gasteiger partial charge >= 0.3 is 20.6 Å². The highest BCUT2D eigenvalue weighted by Gasteiger charge is 2.73. The topological polar surface area (TPSA) is 88.5 Å². The SMILES string of the molecule is CSc1cc(Cl)c(S(=O)(=O)C(F)(F)C(F)(F)S(=O)(=O)O)c(Cl)c1. The third-order valence-electron chi connectivity index (χ3n) is 2.48. The highest BCUT2D eigenvalue weighted by molar-refractivity contribution is 7.98. The van der Waals surface area contributed by atoms with E-state index in [1.807, 2.05) is 0 Å². The molecule has 0 unspecified atom stereocenters. The van der Waals surface area contributed by atoms with Crippen LogP contribution in [0.25, 0.3) is 0 Å². The van der Waals surface area contributed by atoms with Crippen LogP contribution in [0.2, 0.25) is 10.0 Å². The zero-order chi connectivity index (χ0) is 18.4. The number of benzene rings is 1. The van der Waals surface area contributed by atoms with Crippen LogP contribution in [-0.4, -0.2) is 38.2 Å². The van der Waals surface area contributed by atoms with E-state index in [-0.39, 0.29) is 4.90 Å². The molecule has 0 aliphatic heterocycles. The molecule has 0 atom stereocenters. The average Bonchev–Trinajstić information content (AvgIpc) is 2.35. The summed E-state index contributed by atoms with van der Waals surface area (Å²) in [6, 6.07) is 1.74. The first-order valence-corrected chi connectivity index (χ1v) is 10.0. The van der Waals surface area contributed by atoms with Crippen molar-refractivity contribution in [2.75, 3.05) is 6.26 Å². The van der Waals surface area contributed by atoms with Crippen LogP contribution in [0.1, 0.15) is 0 Å². The summed E-state index contributed by atoms with van der Waals surface area (Å²) in [7, 11) is -13.1. The van der Waals surface area contributed by atoms with Crippen LogP contribution < -0.4 is 0 Å². The van der Waals surface area contributed by atoms with Gasteiger partial charge in [0, 0.05) is 4.90 Å². The van der Waals surface area contributed by atoms with Crippen molar-refractivity contribution < 1.29 is 39.0 Å². The molecule has 0 fully saturated rings. The molecule has 0 aliphatic rings. The van der Waals surface area contributed by atoms with Crippen molar-refractivity contribution in [3.05, 3.63) is 22.2 Å². The summed E-state index contributed by atoms with van der Waals surface area (Å²) in [5.74, 6) is 0. The molecule has 0 spiro atoms. The van der Waals surface area contributed by atoms with Crippen molar-refractivity contribution in [3.8, 4) is 0 Å². The number of sulfone groups is 1. The molecule has 0 aliphatic carbocycles. The predicted molar refractivity (Wildman–Crippen MR) is 76.9 cm³/mol. The van der Waals surface area contributed by atoms with Gasteiger partial charge in [0.1, 0.15) is 4.90 Å². The van der Waals surface area contributed by atoms with Crippen LogP contribution >= 0.6 is 35.0 Å². The van der Waals surface area contributed by atoms with Gasteiger partial charge in [-0.15, -0.1) is 11.8 Å².